The van der Waals surface area contributed by atoms with Gasteiger partial charge >= 0.3 is 0 Å². The number of hydrogen-bond donors (Lipinski definition) is 0. The second-order valence-corrected chi connectivity index (χ2v) is 8.16. The van der Waals surface area contributed by atoms with Gasteiger partial charge in [-0.15, -0.1) is 0 Å². The molecule has 0 bridgehead atoms. The molecule has 7 nitrogen and oxygen atoms in total. The zero-order valence-corrected chi connectivity index (χ0v) is 18.0. The number of amides is 1. The van der Waals surface area contributed by atoms with Crippen molar-refractivity contribution in [3.8, 4) is 0 Å². The van der Waals surface area contributed by atoms with Crippen LogP contribution in [-0.2, 0) is 22.6 Å². The molecule has 7 heteroatoms. The standard InChI is InChI=1S/C24H28N4O3/c1-26(2)20-11-9-18(10-12-20)15-27(16-21-7-5-13-31-21)23(29)17-28-24(30)22-8-4-3-6-19(22)14-25-28/h3-4,6,8-12,14,21H,5,7,13,15-17H2,1-2H3. The summed E-state index contributed by atoms with van der Waals surface area (Å²) < 4.78 is 7.02. The van der Waals surface area contributed by atoms with Crippen LogP contribution in [0, 0.1) is 0 Å². The minimum Gasteiger partial charge on any atom is -0.378 e. The van der Waals surface area contributed by atoms with E-state index in [9.17, 15) is 9.59 Å². The Morgan fingerprint density at radius 2 is 1.94 bits per heavy atom. The topological polar surface area (TPSA) is 67.7 Å². The van der Waals surface area contributed by atoms with Gasteiger partial charge in [-0.25, -0.2) is 4.68 Å². The Balaban J connectivity index is 1.54. The summed E-state index contributed by atoms with van der Waals surface area (Å²) >= 11 is 0. The second kappa shape index (κ2) is 9.31. The van der Waals surface area contributed by atoms with Crippen molar-refractivity contribution >= 4 is 22.4 Å². The van der Waals surface area contributed by atoms with Crippen LogP contribution in [0.3, 0.4) is 0 Å². The van der Waals surface area contributed by atoms with Crippen LogP contribution < -0.4 is 10.5 Å². The van der Waals surface area contributed by atoms with Gasteiger partial charge in [0.15, 0.2) is 0 Å². The highest BCUT2D eigenvalue weighted by molar-refractivity contribution is 5.81. The molecule has 162 valence electrons. The molecule has 0 spiro atoms. The largest absolute Gasteiger partial charge is 0.378 e. The van der Waals surface area contributed by atoms with E-state index in [2.05, 4.69) is 5.10 Å². The smallest absolute Gasteiger partial charge is 0.275 e. The maximum Gasteiger partial charge on any atom is 0.275 e. The molecule has 2 heterocycles. The van der Waals surface area contributed by atoms with Gasteiger partial charge < -0.3 is 14.5 Å². The van der Waals surface area contributed by atoms with Gasteiger partial charge in [-0.05, 0) is 36.6 Å². The van der Waals surface area contributed by atoms with Gasteiger partial charge in [-0.2, -0.15) is 5.10 Å². The fraction of sp³-hybridized carbons (Fsp3) is 0.375. The predicted molar refractivity (Wildman–Crippen MR) is 121 cm³/mol. The Kier molecular flexibility index (Phi) is 6.32. The van der Waals surface area contributed by atoms with E-state index >= 15 is 0 Å². The Morgan fingerprint density at radius 1 is 1.16 bits per heavy atom. The van der Waals surface area contributed by atoms with E-state index in [1.54, 1.807) is 17.2 Å². The predicted octanol–water partition coefficient (Wildman–Crippen LogP) is 2.67. The van der Waals surface area contributed by atoms with Crippen molar-refractivity contribution in [2.45, 2.75) is 32.0 Å². The Bertz CT molecular complexity index is 1100. The summed E-state index contributed by atoms with van der Waals surface area (Å²) in [5, 5.41) is 5.56. The van der Waals surface area contributed by atoms with E-state index in [1.165, 1.54) is 4.68 Å². The lowest BCUT2D eigenvalue weighted by Gasteiger charge is -2.26. The summed E-state index contributed by atoms with van der Waals surface area (Å²) in [6.45, 7) is 1.62. The Labute approximate surface area is 181 Å². The fourth-order valence-electron chi connectivity index (χ4n) is 3.88. The van der Waals surface area contributed by atoms with Crippen LogP contribution in [0.25, 0.3) is 10.8 Å². The third-order valence-electron chi connectivity index (χ3n) is 5.67. The molecule has 0 saturated carbocycles. The highest BCUT2D eigenvalue weighted by Crippen LogP contribution is 2.18. The number of benzene rings is 2. The molecule has 1 saturated heterocycles. The number of ether oxygens (including phenoxy) is 1. The lowest BCUT2D eigenvalue weighted by Crippen LogP contribution is -2.40. The molecule has 31 heavy (non-hydrogen) atoms. The molecule has 0 aliphatic carbocycles. The van der Waals surface area contributed by atoms with Gasteiger partial charge in [-0.1, -0.05) is 30.3 Å². The van der Waals surface area contributed by atoms with Crippen molar-refractivity contribution in [3.63, 3.8) is 0 Å². The lowest BCUT2D eigenvalue weighted by molar-refractivity contribution is -0.134. The fourth-order valence-corrected chi connectivity index (χ4v) is 3.88. The minimum atomic E-state index is -0.251. The number of fused-ring (bicyclic) bond motifs is 1. The maximum absolute atomic E-state index is 13.2. The molecule has 1 aliphatic heterocycles. The summed E-state index contributed by atoms with van der Waals surface area (Å²) in [4.78, 5) is 29.8. The molecular formula is C24H28N4O3. The SMILES string of the molecule is CN(C)c1ccc(CN(CC2CCCO2)C(=O)Cn2ncc3ccccc3c2=O)cc1. The van der Waals surface area contributed by atoms with Crippen molar-refractivity contribution in [2.24, 2.45) is 0 Å². The minimum absolute atomic E-state index is 0.0336. The third kappa shape index (κ3) is 4.94. The number of carbonyl (C=O) groups is 1. The van der Waals surface area contributed by atoms with Gasteiger partial charge in [0.2, 0.25) is 5.91 Å². The average molecular weight is 421 g/mol. The molecule has 1 aliphatic rings. The van der Waals surface area contributed by atoms with Crippen LogP contribution in [0.15, 0.2) is 59.5 Å². The molecule has 4 rings (SSSR count). The molecule has 1 fully saturated rings. The zero-order chi connectivity index (χ0) is 21.8. The first-order chi connectivity index (χ1) is 15.0. The number of hydrogen-bond acceptors (Lipinski definition) is 5. The van der Waals surface area contributed by atoms with E-state index in [-0.39, 0.29) is 24.1 Å². The number of anilines is 1. The Morgan fingerprint density at radius 3 is 2.65 bits per heavy atom. The quantitative estimate of drug-likeness (QED) is 0.588. The summed E-state index contributed by atoms with van der Waals surface area (Å²) in [6, 6.07) is 15.4. The van der Waals surface area contributed by atoms with Gasteiger partial charge in [0.05, 0.1) is 17.7 Å². The first-order valence-electron chi connectivity index (χ1n) is 10.6. The van der Waals surface area contributed by atoms with Gasteiger partial charge in [0.25, 0.3) is 5.56 Å². The molecule has 0 N–H and O–H groups in total. The molecule has 2 aromatic carbocycles. The third-order valence-corrected chi connectivity index (χ3v) is 5.67. The molecule has 1 atom stereocenters. The molecule has 1 unspecified atom stereocenters. The molecule has 1 aromatic heterocycles. The van der Waals surface area contributed by atoms with Gasteiger partial charge in [-0.3, -0.25) is 9.59 Å². The molecule has 3 aromatic rings. The van der Waals surface area contributed by atoms with Crippen LogP contribution in [-0.4, -0.2) is 53.9 Å². The number of carbonyl (C=O) groups excluding carboxylic acids is 1. The molecule has 0 radical (unpaired) electrons. The summed E-state index contributed by atoms with van der Waals surface area (Å²) in [7, 11) is 3.99. The summed E-state index contributed by atoms with van der Waals surface area (Å²) in [5.74, 6) is -0.142. The van der Waals surface area contributed by atoms with Crippen molar-refractivity contribution in [1.29, 1.82) is 0 Å². The monoisotopic (exact) mass is 420 g/mol. The first-order valence-corrected chi connectivity index (χ1v) is 10.6. The van der Waals surface area contributed by atoms with E-state index < -0.39 is 0 Å². The number of nitrogens with zero attached hydrogens (tertiary/aromatic N) is 4. The van der Waals surface area contributed by atoms with Crippen LogP contribution in [0.2, 0.25) is 0 Å². The van der Waals surface area contributed by atoms with Crippen molar-refractivity contribution < 1.29 is 9.53 Å². The first kappa shape index (κ1) is 21.1. The van der Waals surface area contributed by atoms with Crippen LogP contribution in [0.4, 0.5) is 5.69 Å². The summed E-state index contributed by atoms with van der Waals surface area (Å²) in [5.41, 5.74) is 1.89. The Hall–Kier alpha value is -3.19. The number of aromatic nitrogens is 2. The van der Waals surface area contributed by atoms with Gasteiger partial charge in [0.1, 0.15) is 6.54 Å². The molecule has 1 amide bonds. The van der Waals surface area contributed by atoms with Crippen molar-refractivity contribution in [1.82, 2.24) is 14.7 Å². The highest BCUT2D eigenvalue weighted by atomic mass is 16.5. The lowest BCUT2D eigenvalue weighted by atomic mass is 10.1. The van der Waals surface area contributed by atoms with E-state index in [0.717, 1.165) is 36.1 Å². The second-order valence-electron chi connectivity index (χ2n) is 8.16. The van der Waals surface area contributed by atoms with Crippen LogP contribution >= 0.6 is 0 Å². The normalized spacial score (nSPS) is 15.9. The zero-order valence-electron chi connectivity index (χ0n) is 18.0. The van der Waals surface area contributed by atoms with E-state index in [1.807, 2.05) is 61.5 Å². The van der Waals surface area contributed by atoms with E-state index in [0.29, 0.717) is 18.5 Å². The molecular weight excluding hydrogens is 392 g/mol. The van der Waals surface area contributed by atoms with Crippen LogP contribution in [0.1, 0.15) is 18.4 Å². The number of rotatable bonds is 7. The average Bonchev–Trinajstić information content (AvgIpc) is 3.29. The maximum atomic E-state index is 13.2. The highest BCUT2D eigenvalue weighted by Gasteiger charge is 2.23. The van der Waals surface area contributed by atoms with Crippen molar-refractivity contribution in [3.05, 3.63) is 70.6 Å². The van der Waals surface area contributed by atoms with Crippen molar-refractivity contribution in [2.75, 3.05) is 32.1 Å². The van der Waals surface area contributed by atoms with Crippen LogP contribution in [0.5, 0.6) is 0 Å². The van der Waals surface area contributed by atoms with Gasteiger partial charge in [0, 0.05) is 44.9 Å². The summed E-state index contributed by atoms with van der Waals surface area (Å²) in [6.07, 6.45) is 3.62. The van der Waals surface area contributed by atoms with E-state index in [4.69, 9.17) is 4.74 Å².